The Kier molecular flexibility index (Phi) is 5.56. The van der Waals surface area contributed by atoms with Gasteiger partial charge in [-0.15, -0.1) is 0 Å². The predicted octanol–water partition coefficient (Wildman–Crippen LogP) is 3.01. The molecule has 0 aliphatic rings. The highest BCUT2D eigenvalue weighted by Gasteiger charge is 2.21. The largest absolute Gasteiger partial charge is 0.508 e. The number of sulfonamides is 1. The number of hydrogen-bond donors (Lipinski definition) is 4. The first kappa shape index (κ1) is 20.0. The minimum atomic E-state index is -4.17. The van der Waals surface area contributed by atoms with Gasteiger partial charge in [0.05, 0.1) is 10.6 Å². The fraction of sp³-hybridized carbons (Fsp3) is 0. The van der Waals surface area contributed by atoms with Crippen molar-refractivity contribution in [3.63, 3.8) is 0 Å². The highest BCUT2D eigenvalue weighted by molar-refractivity contribution is 7.89. The number of aromatic hydroxyl groups is 3. The van der Waals surface area contributed by atoms with E-state index in [0.717, 1.165) is 6.08 Å². The zero-order valence-corrected chi connectivity index (χ0v) is 15.8. The van der Waals surface area contributed by atoms with Crippen LogP contribution in [0, 0.1) is 0 Å². The van der Waals surface area contributed by atoms with Crippen LogP contribution in [0.2, 0.25) is 0 Å². The van der Waals surface area contributed by atoms with E-state index in [4.69, 9.17) is 0 Å². The van der Waals surface area contributed by atoms with Gasteiger partial charge in [-0.2, -0.15) is 0 Å². The number of rotatable bonds is 6. The Morgan fingerprint density at radius 3 is 2.14 bits per heavy atom. The van der Waals surface area contributed by atoms with Gasteiger partial charge < -0.3 is 15.3 Å². The molecule has 0 radical (unpaired) electrons. The van der Waals surface area contributed by atoms with E-state index in [1.807, 2.05) is 0 Å². The summed E-state index contributed by atoms with van der Waals surface area (Å²) in [4.78, 5) is 12.8. The molecule has 0 aliphatic carbocycles. The van der Waals surface area contributed by atoms with Gasteiger partial charge in [0.1, 0.15) is 5.75 Å². The van der Waals surface area contributed by atoms with Crippen molar-refractivity contribution >= 4 is 21.9 Å². The van der Waals surface area contributed by atoms with Gasteiger partial charge in [0.25, 0.3) is 10.0 Å². The van der Waals surface area contributed by atoms with Crippen LogP contribution in [-0.2, 0) is 10.0 Å². The molecular weight excluding hydrogens is 394 g/mol. The molecule has 0 bridgehead atoms. The number of phenols is 3. The van der Waals surface area contributed by atoms with E-state index in [1.165, 1.54) is 54.6 Å². The van der Waals surface area contributed by atoms with Crippen LogP contribution >= 0.6 is 0 Å². The Labute approximate surface area is 167 Å². The summed E-state index contributed by atoms with van der Waals surface area (Å²) in [6.07, 6.45) is 1.14. The van der Waals surface area contributed by atoms with Crippen molar-refractivity contribution in [2.24, 2.45) is 0 Å². The lowest BCUT2D eigenvalue weighted by molar-refractivity contribution is 0.103. The third-order valence-corrected chi connectivity index (χ3v) is 5.40. The number of carbonyl (C=O) groups excluding carboxylic acids is 1. The number of benzene rings is 3. The van der Waals surface area contributed by atoms with Gasteiger partial charge in [-0.05, 0) is 36.4 Å². The molecule has 4 N–H and O–H groups in total. The lowest BCUT2D eigenvalue weighted by Gasteiger charge is -2.12. The van der Waals surface area contributed by atoms with Crippen LogP contribution in [0.15, 0.2) is 83.4 Å². The lowest BCUT2D eigenvalue weighted by atomic mass is 10.1. The molecule has 148 valence electrons. The first-order valence-corrected chi connectivity index (χ1v) is 9.90. The molecule has 7 nitrogen and oxygen atoms in total. The standard InChI is InChI=1S/C21H17NO6S/c23-16-9-11-17(12-10-16)29(27,28)22-18(20(25)14-5-2-1-3-6-14)13-15-7-4-8-19(24)21(15)26/h1-13,22-24,26H. The molecule has 0 aromatic heterocycles. The van der Waals surface area contributed by atoms with Crippen molar-refractivity contribution in [1.82, 2.24) is 4.72 Å². The summed E-state index contributed by atoms with van der Waals surface area (Å²) in [5.74, 6) is -1.64. The van der Waals surface area contributed by atoms with E-state index >= 15 is 0 Å². The van der Waals surface area contributed by atoms with E-state index in [2.05, 4.69) is 4.72 Å². The number of ketones is 1. The molecular formula is C21H17NO6S. The number of phenolic OH excluding ortho intramolecular Hbond substituents is 3. The smallest absolute Gasteiger partial charge is 0.262 e. The van der Waals surface area contributed by atoms with Crippen molar-refractivity contribution in [1.29, 1.82) is 0 Å². The highest BCUT2D eigenvalue weighted by Crippen LogP contribution is 2.30. The fourth-order valence-corrected chi connectivity index (χ4v) is 3.59. The first-order chi connectivity index (χ1) is 13.8. The Balaban J connectivity index is 2.08. The second-order valence-corrected chi connectivity index (χ2v) is 7.75. The fourth-order valence-electron chi connectivity index (χ4n) is 2.54. The summed E-state index contributed by atoms with van der Waals surface area (Å²) in [7, 11) is -4.17. The summed E-state index contributed by atoms with van der Waals surface area (Å²) in [5.41, 5.74) is -0.0466. The monoisotopic (exact) mass is 411 g/mol. The normalized spacial score (nSPS) is 11.8. The number of para-hydroxylation sites is 1. The summed E-state index contributed by atoms with van der Waals surface area (Å²) < 4.78 is 27.7. The highest BCUT2D eigenvalue weighted by atomic mass is 32.2. The van der Waals surface area contributed by atoms with E-state index in [-0.39, 0.29) is 27.5 Å². The minimum absolute atomic E-state index is 0.0534. The van der Waals surface area contributed by atoms with Crippen molar-refractivity contribution in [2.45, 2.75) is 4.90 Å². The molecule has 0 fully saturated rings. The van der Waals surface area contributed by atoms with Crippen molar-refractivity contribution in [3.8, 4) is 17.2 Å². The average molecular weight is 411 g/mol. The van der Waals surface area contributed by atoms with Crippen LogP contribution in [-0.4, -0.2) is 29.5 Å². The van der Waals surface area contributed by atoms with Gasteiger partial charge in [0.15, 0.2) is 11.5 Å². The Bertz CT molecular complexity index is 1170. The van der Waals surface area contributed by atoms with Crippen LogP contribution in [0.5, 0.6) is 17.2 Å². The second kappa shape index (κ2) is 8.07. The number of nitrogens with one attached hydrogen (secondary N) is 1. The Morgan fingerprint density at radius 1 is 0.828 bits per heavy atom. The maximum absolute atomic E-state index is 12.9. The van der Waals surface area contributed by atoms with Crippen molar-refractivity contribution in [3.05, 3.63) is 89.6 Å². The molecule has 29 heavy (non-hydrogen) atoms. The molecule has 0 heterocycles. The molecule has 0 amide bonds. The van der Waals surface area contributed by atoms with E-state index in [0.29, 0.717) is 0 Å². The van der Waals surface area contributed by atoms with Gasteiger partial charge in [-0.1, -0.05) is 42.5 Å². The molecule has 3 rings (SSSR count). The number of allylic oxidation sites excluding steroid dienone is 1. The third-order valence-electron chi connectivity index (χ3n) is 4.02. The Hall–Kier alpha value is -3.78. The average Bonchev–Trinajstić information content (AvgIpc) is 2.71. The van der Waals surface area contributed by atoms with Crippen molar-refractivity contribution < 1.29 is 28.5 Å². The van der Waals surface area contributed by atoms with E-state index < -0.39 is 27.3 Å². The van der Waals surface area contributed by atoms with E-state index in [9.17, 15) is 28.5 Å². The summed E-state index contributed by atoms with van der Waals surface area (Å²) in [6, 6.07) is 16.9. The van der Waals surface area contributed by atoms with Gasteiger partial charge in [0, 0.05) is 11.1 Å². The summed E-state index contributed by atoms with van der Waals surface area (Å²) in [6.45, 7) is 0. The summed E-state index contributed by atoms with van der Waals surface area (Å²) >= 11 is 0. The van der Waals surface area contributed by atoms with Gasteiger partial charge in [-0.3, -0.25) is 9.52 Å². The van der Waals surface area contributed by atoms with Crippen LogP contribution in [0.25, 0.3) is 6.08 Å². The van der Waals surface area contributed by atoms with Gasteiger partial charge >= 0.3 is 0 Å². The van der Waals surface area contributed by atoms with Crippen LogP contribution in [0.1, 0.15) is 15.9 Å². The molecule has 0 atom stereocenters. The predicted molar refractivity (Wildman–Crippen MR) is 107 cm³/mol. The molecule has 0 aliphatic heterocycles. The molecule has 3 aromatic carbocycles. The number of Topliss-reactive ketones (excluding diaryl/α,β-unsaturated/α-hetero) is 1. The lowest BCUT2D eigenvalue weighted by Crippen LogP contribution is -2.27. The zero-order chi connectivity index (χ0) is 21.0. The maximum Gasteiger partial charge on any atom is 0.262 e. The SMILES string of the molecule is O=C(C(=Cc1cccc(O)c1O)NS(=O)(=O)c1ccc(O)cc1)c1ccccc1. The number of carbonyl (C=O) groups is 1. The number of hydrogen-bond acceptors (Lipinski definition) is 6. The van der Waals surface area contributed by atoms with Gasteiger partial charge in [0.2, 0.25) is 5.78 Å². The third kappa shape index (κ3) is 4.56. The van der Waals surface area contributed by atoms with Crippen LogP contribution in [0.3, 0.4) is 0 Å². The molecule has 3 aromatic rings. The quantitative estimate of drug-likeness (QED) is 0.281. The second-order valence-electron chi connectivity index (χ2n) is 6.07. The molecule has 0 saturated heterocycles. The first-order valence-electron chi connectivity index (χ1n) is 8.42. The summed E-state index contributed by atoms with van der Waals surface area (Å²) in [5, 5.41) is 29.1. The van der Waals surface area contributed by atoms with Crippen LogP contribution < -0.4 is 4.72 Å². The van der Waals surface area contributed by atoms with Gasteiger partial charge in [-0.25, -0.2) is 8.42 Å². The Morgan fingerprint density at radius 2 is 1.48 bits per heavy atom. The minimum Gasteiger partial charge on any atom is -0.508 e. The maximum atomic E-state index is 12.9. The topological polar surface area (TPSA) is 124 Å². The van der Waals surface area contributed by atoms with E-state index in [1.54, 1.807) is 18.2 Å². The van der Waals surface area contributed by atoms with Crippen LogP contribution in [0.4, 0.5) is 0 Å². The molecule has 8 heteroatoms. The zero-order valence-electron chi connectivity index (χ0n) is 15.0. The molecule has 0 saturated carbocycles. The van der Waals surface area contributed by atoms with Crippen molar-refractivity contribution in [2.75, 3.05) is 0 Å². The molecule has 0 unspecified atom stereocenters. The molecule has 0 spiro atoms.